The van der Waals surface area contributed by atoms with Gasteiger partial charge in [0.2, 0.25) is 0 Å². The average molecular weight is 313 g/mol. The van der Waals surface area contributed by atoms with Gasteiger partial charge in [-0.1, -0.05) is 0 Å². The zero-order chi connectivity index (χ0) is 14.1. The molecule has 0 saturated carbocycles. The van der Waals surface area contributed by atoms with Crippen LogP contribution in [-0.2, 0) is 13.7 Å². The van der Waals surface area contributed by atoms with Gasteiger partial charge in [-0.05, 0) is 6.92 Å². The molecule has 0 bridgehead atoms. The molecule has 0 aliphatic heterocycles. The highest BCUT2D eigenvalue weighted by Gasteiger charge is 2.36. The molecule has 10 nitrogen and oxygen atoms in total. The summed E-state index contributed by atoms with van der Waals surface area (Å²) in [7, 11) is -14.1. The minimum Gasteiger partial charge on any atom is -0.324 e. The summed E-state index contributed by atoms with van der Waals surface area (Å²) in [6, 6.07) is 0. The van der Waals surface area contributed by atoms with E-state index in [0.717, 1.165) is 6.92 Å². The van der Waals surface area contributed by atoms with E-state index >= 15 is 0 Å². The van der Waals surface area contributed by atoms with E-state index in [4.69, 9.17) is 29.4 Å². The van der Waals surface area contributed by atoms with Crippen LogP contribution in [0.15, 0.2) is 0 Å². The maximum absolute atomic E-state index is 10.9. The second-order valence-electron chi connectivity index (χ2n) is 3.42. The summed E-state index contributed by atoms with van der Waals surface area (Å²) in [6.07, 6.45) is -2.30. The van der Waals surface area contributed by atoms with Gasteiger partial charge in [0.15, 0.2) is 0 Å². The van der Waals surface area contributed by atoms with Crippen LogP contribution in [0.2, 0.25) is 0 Å². The summed E-state index contributed by atoms with van der Waals surface area (Å²) >= 11 is 0. The molecular formula is C4H14NO9P3. The van der Waals surface area contributed by atoms with Gasteiger partial charge in [0.25, 0.3) is 0 Å². The van der Waals surface area contributed by atoms with Crippen LogP contribution in [0.25, 0.3) is 0 Å². The highest BCUT2D eigenvalue weighted by Crippen LogP contribution is 2.49. The Balaban J connectivity index is 5.06. The van der Waals surface area contributed by atoms with E-state index in [2.05, 4.69) is 0 Å². The number of hydrogen-bond acceptors (Lipinski definition) is 4. The van der Waals surface area contributed by atoms with Crippen molar-refractivity contribution in [2.75, 3.05) is 12.6 Å². The van der Waals surface area contributed by atoms with Gasteiger partial charge < -0.3 is 29.4 Å². The summed E-state index contributed by atoms with van der Waals surface area (Å²) in [6.45, 7) is 0.923. The summed E-state index contributed by atoms with van der Waals surface area (Å²) < 4.78 is 32.3. The number of rotatable bonds is 6. The Labute approximate surface area is 96.7 Å². The van der Waals surface area contributed by atoms with Crippen molar-refractivity contribution in [1.29, 1.82) is 0 Å². The van der Waals surface area contributed by atoms with Crippen LogP contribution < -0.4 is 0 Å². The molecule has 13 heteroatoms. The number of hydrogen-bond donors (Lipinski definition) is 6. The smallest absolute Gasteiger partial charge is 0.324 e. The van der Waals surface area contributed by atoms with Crippen LogP contribution in [0, 0.1) is 0 Å². The zero-order valence-corrected chi connectivity index (χ0v) is 11.4. The minimum absolute atomic E-state index is 0.377. The molecule has 6 N–H and O–H groups in total. The molecule has 0 fully saturated rings. The predicted octanol–water partition coefficient (Wildman–Crippen LogP) is -0.918. The third-order valence-corrected chi connectivity index (χ3v) is 4.51. The Morgan fingerprint density at radius 1 is 0.882 bits per heavy atom. The molecule has 0 aromatic rings. The molecule has 1 atom stereocenters. The minimum atomic E-state index is -4.75. The summed E-state index contributed by atoms with van der Waals surface area (Å²) in [5.41, 5.74) is 0. The van der Waals surface area contributed by atoms with Crippen molar-refractivity contribution in [1.82, 2.24) is 4.90 Å². The van der Waals surface area contributed by atoms with Crippen molar-refractivity contribution in [3.05, 3.63) is 0 Å². The van der Waals surface area contributed by atoms with Crippen LogP contribution in [0.3, 0.4) is 0 Å². The average Bonchev–Trinajstić information content (AvgIpc) is 1.94. The molecule has 0 aliphatic carbocycles. The van der Waals surface area contributed by atoms with Crippen molar-refractivity contribution in [2.24, 2.45) is 0 Å². The third kappa shape index (κ3) is 8.18. The van der Waals surface area contributed by atoms with Gasteiger partial charge >= 0.3 is 22.8 Å². The molecule has 0 saturated heterocycles. The highest BCUT2D eigenvalue weighted by atomic mass is 31.2. The van der Waals surface area contributed by atoms with Gasteiger partial charge in [-0.25, -0.2) is 0 Å². The van der Waals surface area contributed by atoms with E-state index < -0.39 is 41.1 Å². The zero-order valence-electron chi connectivity index (χ0n) is 8.69. The van der Waals surface area contributed by atoms with Crippen LogP contribution in [-0.4, -0.2) is 52.6 Å². The largest absolute Gasteiger partial charge is 0.342 e. The van der Waals surface area contributed by atoms with E-state index in [1.54, 1.807) is 0 Å². The molecular weight excluding hydrogens is 299 g/mol. The van der Waals surface area contributed by atoms with Crippen molar-refractivity contribution < 1.29 is 43.1 Å². The highest BCUT2D eigenvalue weighted by molar-refractivity contribution is 7.54. The second-order valence-corrected chi connectivity index (χ2v) is 8.57. The lowest BCUT2D eigenvalue weighted by Gasteiger charge is -2.29. The Hall–Kier alpha value is 0.410. The first kappa shape index (κ1) is 17.4. The molecule has 0 rings (SSSR count). The van der Waals surface area contributed by atoms with E-state index in [1.165, 1.54) is 0 Å². The maximum atomic E-state index is 10.9. The van der Waals surface area contributed by atoms with Crippen molar-refractivity contribution in [3.63, 3.8) is 0 Å². The van der Waals surface area contributed by atoms with Gasteiger partial charge in [0, 0.05) is 0 Å². The molecule has 0 aromatic carbocycles. The molecule has 104 valence electrons. The molecule has 0 aromatic heterocycles. The summed E-state index contributed by atoms with van der Waals surface area (Å²) in [5, 5.41) is 0. The van der Waals surface area contributed by atoms with Gasteiger partial charge in [0.05, 0.1) is 0 Å². The molecule has 0 aliphatic rings. The van der Waals surface area contributed by atoms with Crippen LogP contribution in [0.4, 0.5) is 0 Å². The fourth-order valence-electron chi connectivity index (χ4n) is 0.967. The maximum Gasteiger partial charge on any atom is 0.342 e. The standard InChI is InChI=1S/C4H14NO9P3/c1-4(17(12,13)14)5(2-15(6,7)8)3-16(9,10)11/h4H,2-3H2,1H3,(H2,6,7,8)(H2,9,10,11)(H2,12,13,14). The first-order valence-corrected chi connectivity index (χ1v) is 9.38. The van der Waals surface area contributed by atoms with Crippen LogP contribution in [0.1, 0.15) is 6.92 Å². The fraction of sp³-hybridized carbons (Fsp3) is 1.00. The van der Waals surface area contributed by atoms with Crippen LogP contribution >= 0.6 is 22.8 Å². The quantitative estimate of drug-likeness (QED) is 0.336. The van der Waals surface area contributed by atoms with Crippen LogP contribution in [0.5, 0.6) is 0 Å². The van der Waals surface area contributed by atoms with Gasteiger partial charge in [-0.15, -0.1) is 0 Å². The topological polar surface area (TPSA) is 176 Å². The van der Waals surface area contributed by atoms with Crippen molar-refractivity contribution in [2.45, 2.75) is 12.7 Å². The Bertz CT molecular complexity index is 367. The molecule has 17 heavy (non-hydrogen) atoms. The first-order valence-electron chi connectivity index (χ1n) is 4.11. The Kier molecular flexibility index (Phi) is 5.72. The predicted molar refractivity (Wildman–Crippen MR) is 57.2 cm³/mol. The van der Waals surface area contributed by atoms with Gasteiger partial charge in [-0.3, -0.25) is 18.6 Å². The Morgan fingerprint density at radius 3 is 1.35 bits per heavy atom. The monoisotopic (exact) mass is 313 g/mol. The normalized spacial score (nSPS) is 16.2. The number of nitrogens with zero attached hydrogens (tertiary/aromatic N) is 1. The SMILES string of the molecule is CC(N(CP(=O)(O)O)CP(=O)(O)O)P(=O)(O)O. The summed E-state index contributed by atoms with van der Waals surface area (Å²) in [4.78, 5) is 52.7. The van der Waals surface area contributed by atoms with E-state index in [9.17, 15) is 13.7 Å². The van der Waals surface area contributed by atoms with E-state index in [0.29, 0.717) is 4.90 Å². The van der Waals surface area contributed by atoms with Gasteiger partial charge in [0.1, 0.15) is 18.4 Å². The van der Waals surface area contributed by atoms with Crippen molar-refractivity contribution in [3.8, 4) is 0 Å². The van der Waals surface area contributed by atoms with E-state index in [1.807, 2.05) is 0 Å². The molecule has 0 radical (unpaired) electrons. The third-order valence-electron chi connectivity index (χ3n) is 1.75. The first-order chi connectivity index (χ1) is 7.22. The lowest BCUT2D eigenvalue weighted by Crippen LogP contribution is -2.34. The molecule has 0 spiro atoms. The lowest BCUT2D eigenvalue weighted by atomic mass is 10.7. The molecule has 1 unspecified atom stereocenters. The lowest BCUT2D eigenvalue weighted by molar-refractivity contribution is 0.240. The molecule has 0 heterocycles. The van der Waals surface area contributed by atoms with Gasteiger partial charge in [-0.2, -0.15) is 0 Å². The second kappa shape index (κ2) is 5.59. The fourth-order valence-corrected chi connectivity index (χ4v) is 3.61. The summed E-state index contributed by atoms with van der Waals surface area (Å²) in [5.74, 6) is -1.71. The Morgan fingerprint density at radius 2 is 1.18 bits per heavy atom. The van der Waals surface area contributed by atoms with E-state index in [-0.39, 0.29) is 0 Å². The molecule has 0 amide bonds. The van der Waals surface area contributed by atoms with Crippen molar-refractivity contribution >= 4 is 22.8 Å².